The molecule has 1 unspecified atom stereocenters. The van der Waals surface area contributed by atoms with Crippen molar-refractivity contribution in [3.8, 4) is 5.75 Å². The van der Waals surface area contributed by atoms with E-state index in [2.05, 4.69) is 4.74 Å². The first kappa shape index (κ1) is 18.0. The number of benzene rings is 1. The van der Waals surface area contributed by atoms with Gasteiger partial charge in [0.1, 0.15) is 5.75 Å². The Bertz CT molecular complexity index is 499. The first-order valence-electron chi connectivity index (χ1n) is 7.20. The van der Waals surface area contributed by atoms with E-state index in [9.17, 15) is 14.7 Å². The molecule has 0 saturated heterocycles. The number of carbonyl (C=O) groups is 2. The third-order valence-corrected chi connectivity index (χ3v) is 3.48. The molecule has 1 aromatic carbocycles. The molecule has 122 valence electrons. The smallest absolute Gasteiger partial charge is 0.307 e. The maximum atomic E-state index is 12.7. The van der Waals surface area contributed by atoms with Crippen LogP contribution in [0.15, 0.2) is 24.3 Å². The lowest BCUT2D eigenvalue weighted by Crippen LogP contribution is -2.43. The second kappa shape index (κ2) is 9.04. The molecule has 1 rings (SSSR count). The molecule has 1 amide bonds. The molecule has 22 heavy (non-hydrogen) atoms. The summed E-state index contributed by atoms with van der Waals surface area (Å²) < 4.78 is 9.73. The first-order valence-corrected chi connectivity index (χ1v) is 7.20. The summed E-state index contributed by atoms with van der Waals surface area (Å²) >= 11 is 0. The number of nitrogens with zero attached hydrogens (tertiary/aromatic N) is 1. The van der Waals surface area contributed by atoms with Gasteiger partial charge in [-0.15, -0.1) is 0 Å². The topological polar surface area (TPSA) is 76.1 Å². The van der Waals surface area contributed by atoms with Crippen LogP contribution in [0.1, 0.15) is 30.1 Å². The third-order valence-electron chi connectivity index (χ3n) is 3.48. The van der Waals surface area contributed by atoms with Gasteiger partial charge in [0.05, 0.1) is 33.3 Å². The molecular formula is C16H23NO5. The Morgan fingerprint density at radius 3 is 2.59 bits per heavy atom. The van der Waals surface area contributed by atoms with E-state index in [4.69, 9.17) is 4.74 Å². The van der Waals surface area contributed by atoms with Crippen LogP contribution in [0, 0.1) is 0 Å². The third kappa shape index (κ3) is 4.73. The molecule has 1 aromatic rings. The molecule has 0 aliphatic carbocycles. The maximum absolute atomic E-state index is 12.7. The van der Waals surface area contributed by atoms with Crippen molar-refractivity contribution in [3.05, 3.63) is 29.8 Å². The number of carbonyl (C=O) groups excluding carboxylic acids is 2. The SMILES string of the molecule is CCC(CO)N(CCC(=O)OC)C(=O)c1cccc(OC)c1. The van der Waals surface area contributed by atoms with Crippen LogP contribution in [0.25, 0.3) is 0 Å². The fourth-order valence-electron chi connectivity index (χ4n) is 2.13. The number of rotatable bonds is 8. The molecule has 0 saturated carbocycles. The van der Waals surface area contributed by atoms with E-state index in [1.165, 1.54) is 19.1 Å². The minimum Gasteiger partial charge on any atom is -0.497 e. The highest BCUT2D eigenvalue weighted by molar-refractivity contribution is 5.95. The van der Waals surface area contributed by atoms with Crippen molar-refractivity contribution in [1.29, 1.82) is 0 Å². The molecule has 6 nitrogen and oxygen atoms in total. The zero-order chi connectivity index (χ0) is 16.5. The number of hydrogen-bond acceptors (Lipinski definition) is 5. The van der Waals surface area contributed by atoms with Gasteiger partial charge in [-0.2, -0.15) is 0 Å². The van der Waals surface area contributed by atoms with E-state index >= 15 is 0 Å². The lowest BCUT2D eigenvalue weighted by atomic mass is 10.1. The quantitative estimate of drug-likeness (QED) is 0.736. The van der Waals surface area contributed by atoms with E-state index in [0.29, 0.717) is 17.7 Å². The van der Waals surface area contributed by atoms with Gasteiger partial charge in [-0.3, -0.25) is 9.59 Å². The fourth-order valence-corrected chi connectivity index (χ4v) is 2.13. The van der Waals surface area contributed by atoms with Crippen LogP contribution < -0.4 is 4.74 Å². The van der Waals surface area contributed by atoms with Gasteiger partial charge in [0.25, 0.3) is 5.91 Å². The van der Waals surface area contributed by atoms with Gasteiger partial charge in [-0.25, -0.2) is 0 Å². The zero-order valence-electron chi connectivity index (χ0n) is 13.2. The van der Waals surface area contributed by atoms with Crippen molar-refractivity contribution in [1.82, 2.24) is 4.90 Å². The molecular weight excluding hydrogens is 286 g/mol. The number of esters is 1. The van der Waals surface area contributed by atoms with E-state index in [0.717, 1.165) is 0 Å². The van der Waals surface area contributed by atoms with Crippen LogP contribution in [0.3, 0.4) is 0 Å². The summed E-state index contributed by atoms with van der Waals surface area (Å²) in [6.07, 6.45) is 0.677. The Morgan fingerprint density at radius 2 is 2.05 bits per heavy atom. The highest BCUT2D eigenvalue weighted by Gasteiger charge is 2.24. The normalized spacial score (nSPS) is 11.6. The van der Waals surface area contributed by atoms with E-state index in [1.54, 1.807) is 24.3 Å². The van der Waals surface area contributed by atoms with Crippen LogP contribution in [0.5, 0.6) is 5.75 Å². The van der Waals surface area contributed by atoms with Gasteiger partial charge in [0.15, 0.2) is 0 Å². The molecule has 0 fully saturated rings. The molecule has 0 aromatic heterocycles. The lowest BCUT2D eigenvalue weighted by Gasteiger charge is -2.30. The highest BCUT2D eigenvalue weighted by atomic mass is 16.5. The van der Waals surface area contributed by atoms with Crippen LogP contribution in [-0.4, -0.2) is 55.3 Å². The van der Waals surface area contributed by atoms with Crippen LogP contribution in [-0.2, 0) is 9.53 Å². The van der Waals surface area contributed by atoms with E-state index in [-0.39, 0.29) is 31.5 Å². The summed E-state index contributed by atoms with van der Waals surface area (Å²) in [6.45, 7) is 1.92. The average molecular weight is 309 g/mol. The zero-order valence-corrected chi connectivity index (χ0v) is 13.2. The van der Waals surface area contributed by atoms with Crippen molar-refractivity contribution in [3.63, 3.8) is 0 Å². The predicted octanol–water partition coefficient (Wildman–Crippen LogP) is 1.47. The van der Waals surface area contributed by atoms with Crippen LogP contribution in [0.4, 0.5) is 0 Å². The van der Waals surface area contributed by atoms with Crippen molar-refractivity contribution < 1.29 is 24.2 Å². The van der Waals surface area contributed by atoms with Gasteiger partial charge < -0.3 is 19.5 Å². The summed E-state index contributed by atoms with van der Waals surface area (Å²) in [5.74, 6) is -0.0595. The molecule has 0 radical (unpaired) electrons. The standard InChI is InChI=1S/C16H23NO5/c1-4-13(11-18)17(9-8-15(19)22-3)16(20)12-6-5-7-14(10-12)21-2/h5-7,10,13,18H,4,8-9,11H2,1-3H3. The molecule has 0 spiro atoms. The minimum atomic E-state index is -0.392. The summed E-state index contributed by atoms with van der Waals surface area (Å²) in [5, 5.41) is 9.48. The molecule has 0 aliphatic rings. The first-order chi connectivity index (χ1) is 10.6. The summed E-state index contributed by atoms with van der Waals surface area (Å²) in [7, 11) is 2.83. The Morgan fingerprint density at radius 1 is 1.32 bits per heavy atom. The Balaban J connectivity index is 2.97. The number of amides is 1. The largest absolute Gasteiger partial charge is 0.497 e. The van der Waals surface area contributed by atoms with Gasteiger partial charge in [0.2, 0.25) is 0 Å². The van der Waals surface area contributed by atoms with Crippen LogP contribution in [0.2, 0.25) is 0 Å². The molecule has 6 heteroatoms. The number of aliphatic hydroxyl groups is 1. The second-order valence-corrected chi connectivity index (χ2v) is 4.80. The Kier molecular flexibility index (Phi) is 7.39. The number of hydrogen-bond donors (Lipinski definition) is 1. The predicted molar refractivity (Wildman–Crippen MR) is 81.8 cm³/mol. The van der Waals surface area contributed by atoms with Gasteiger partial charge in [0, 0.05) is 12.1 Å². The van der Waals surface area contributed by atoms with E-state index < -0.39 is 5.97 Å². The number of methoxy groups -OCH3 is 2. The molecule has 0 bridgehead atoms. The monoisotopic (exact) mass is 309 g/mol. The highest BCUT2D eigenvalue weighted by Crippen LogP contribution is 2.17. The maximum Gasteiger partial charge on any atom is 0.307 e. The van der Waals surface area contributed by atoms with Crippen molar-refractivity contribution in [2.75, 3.05) is 27.4 Å². The molecule has 1 atom stereocenters. The lowest BCUT2D eigenvalue weighted by molar-refractivity contribution is -0.140. The summed E-state index contributed by atoms with van der Waals surface area (Å²) in [6, 6.07) is 6.45. The Labute approximate surface area is 130 Å². The fraction of sp³-hybridized carbons (Fsp3) is 0.500. The molecule has 1 N–H and O–H groups in total. The molecule has 0 heterocycles. The minimum absolute atomic E-state index is 0.0860. The summed E-state index contributed by atoms with van der Waals surface area (Å²) in [5.41, 5.74) is 0.455. The van der Waals surface area contributed by atoms with Gasteiger partial charge in [-0.05, 0) is 24.6 Å². The van der Waals surface area contributed by atoms with Crippen molar-refractivity contribution in [2.24, 2.45) is 0 Å². The van der Waals surface area contributed by atoms with Crippen LogP contribution >= 0.6 is 0 Å². The van der Waals surface area contributed by atoms with Crippen molar-refractivity contribution >= 4 is 11.9 Å². The average Bonchev–Trinajstić information content (AvgIpc) is 2.57. The van der Waals surface area contributed by atoms with Gasteiger partial charge >= 0.3 is 5.97 Å². The molecule has 0 aliphatic heterocycles. The number of aliphatic hydroxyl groups excluding tert-OH is 1. The second-order valence-electron chi connectivity index (χ2n) is 4.80. The number of ether oxygens (including phenoxy) is 2. The summed E-state index contributed by atoms with van der Waals surface area (Å²) in [4.78, 5) is 25.5. The van der Waals surface area contributed by atoms with E-state index in [1.807, 2.05) is 6.92 Å². The Hall–Kier alpha value is -2.08. The van der Waals surface area contributed by atoms with Gasteiger partial charge in [-0.1, -0.05) is 13.0 Å². The van der Waals surface area contributed by atoms with Crippen molar-refractivity contribution in [2.45, 2.75) is 25.8 Å².